The van der Waals surface area contributed by atoms with Gasteiger partial charge in [0.05, 0.1) is 6.10 Å². The molecule has 1 aliphatic rings. The minimum atomic E-state index is -0.341. The minimum absolute atomic E-state index is 0.0584. The molecule has 0 amide bonds. The third-order valence-electron chi connectivity index (χ3n) is 2.41. The summed E-state index contributed by atoms with van der Waals surface area (Å²) >= 11 is 1.26. The average Bonchev–Trinajstić information content (AvgIpc) is 2.30. The highest BCUT2D eigenvalue weighted by Gasteiger charge is 2.23. The third kappa shape index (κ3) is 4.53. The molecule has 6 N–H and O–H groups in total. The number of amidine groups is 1. The first-order chi connectivity index (χ1) is 7.09. The van der Waals surface area contributed by atoms with E-state index in [0.717, 1.165) is 32.1 Å². The Hall–Kier alpha value is -0.750. The molecule has 0 spiro atoms. The Kier molecular flexibility index (Phi) is 4.90. The predicted molar refractivity (Wildman–Crippen MR) is 64.0 cm³/mol. The fourth-order valence-electron chi connectivity index (χ4n) is 1.68. The van der Waals surface area contributed by atoms with Gasteiger partial charge in [0, 0.05) is 5.25 Å². The maximum absolute atomic E-state index is 9.80. The van der Waals surface area contributed by atoms with E-state index in [9.17, 15) is 5.11 Å². The molecule has 0 radical (unpaired) electrons. The van der Waals surface area contributed by atoms with Crippen LogP contribution in [-0.2, 0) is 0 Å². The van der Waals surface area contributed by atoms with Crippen molar-refractivity contribution >= 4 is 22.9 Å². The third-order valence-corrected chi connectivity index (χ3v) is 3.58. The van der Waals surface area contributed by atoms with Crippen LogP contribution >= 0.6 is 11.8 Å². The molecule has 0 aromatic carbocycles. The Labute approximate surface area is 93.8 Å². The summed E-state index contributed by atoms with van der Waals surface area (Å²) in [6.07, 6.45) is 4.72. The molecule has 0 aromatic rings. The van der Waals surface area contributed by atoms with Gasteiger partial charge in [-0.25, -0.2) is 0 Å². The summed E-state index contributed by atoms with van der Waals surface area (Å²) in [6.45, 7) is 0. The maximum atomic E-state index is 9.80. The number of guanidine groups is 1. The fraction of sp³-hybridized carbons (Fsp3) is 0.778. The van der Waals surface area contributed by atoms with Crippen LogP contribution in [-0.4, -0.2) is 27.6 Å². The predicted octanol–water partition coefficient (Wildman–Crippen LogP) is 0.621. The molecule has 0 aliphatic heterocycles. The van der Waals surface area contributed by atoms with Gasteiger partial charge in [0.25, 0.3) is 0 Å². The van der Waals surface area contributed by atoms with Crippen molar-refractivity contribution < 1.29 is 5.11 Å². The number of nitrogens with two attached hydrogens (primary N) is 2. The van der Waals surface area contributed by atoms with Crippen molar-refractivity contribution in [3.05, 3.63) is 0 Å². The number of hydrogen-bond acceptors (Lipinski definition) is 3. The topological polar surface area (TPSA) is 108 Å². The zero-order chi connectivity index (χ0) is 11.3. The zero-order valence-electron chi connectivity index (χ0n) is 8.65. The lowest BCUT2D eigenvalue weighted by atomic mass is 10.1. The van der Waals surface area contributed by atoms with Crippen molar-refractivity contribution in [1.29, 1.82) is 5.41 Å². The number of hydrogen-bond donors (Lipinski definition) is 4. The number of nitrogens with one attached hydrogen (secondary N) is 1. The van der Waals surface area contributed by atoms with Crippen LogP contribution in [0.4, 0.5) is 0 Å². The van der Waals surface area contributed by atoms with Crippen LogP contribution in [0, 0.1) is 5.41 Å². The van der Waals surface area contributed by atoms with E-state index in [2.05, 4.69) is 4.99 Å². The highest BCUT2D eigenvalue weighted by molar-refractivity contribution is 8.14. The molecule has 0 aromatic heterocycles. The second-order valence-corrected chi connectivity index (χ2v) is 4.93. The molecule has 1 fully saturated rings. The van der Waals surface area contributed by atoms with Gasteiger partial charge in [0.2, 0.25) is 0 Å². The summed E-state index contributed by atoms with van der Waals surface area (Å²) in [5.74, 6) is -0.101. The number of aliphatic hydroxyl groups excluding tert-OH is 1. The van der Waals surface area contributed by atoms with Gasteiger partial charge in [-0.3, -0.25) is 5.41 Å². The Morgan fingerprint density at radius 1 is 1.27 bits per heavy atom. The van der Waals surface area contributed by atoms with Gasteiger partial charge in [-0.1, -0.05) is 31.0 Å². The fourth-order valence-corrected chi connectivity index (χ4v) is 2.70. The highest BCUT2D eigenvalue weighted by atomic mass is 32.2. The van der Waals surface area contributed by atoms with Crippen molar-refractivity contribution in [1.82, 2.24) is 0 Å². The molecule has 5 nitrogen and oxygen atoms in total. The van der Waals surface area contributed by atoms with E-state index in [1.807, 2.05) is 0 Å². The summed E-state index contributed by atoms with van der Waals surface area (Å²) in [7, 11) is 0. The Balaban J connectivity index is 2.48. The van der Waals surface area contributed by atoms with Gasteiger partial charge >= 0.3 is 0 Å². The minimum Gasteiger partial charge on any atom is -0.392 e. The summed E-state index contributed by atoms with van der Waals surface area (Å²) in [5, 5.41) is 17.5. The number of rotatable bonds is 1. The summed E-state index contributed by atoms with van der Waals surface area (Å²) in [5.41, 5.74) is 10.4. The molecule has 1 aliphatic carbocycles. The first-order valence-corrected chi connectivity index (χ1v) is 6.00. The van der Waals surface area contributed by atoms with Crippen LogP contribution in [0.25, 0.3) is 0 Å². The SMILES string of the molecule is N=C(N=C(N)N)SC1CCCCCC1O. The molecule has 15 heavy (non-hydrogen) atoms. The number of aliphatic imine (C=N–C) groups is 1. The van der Waals surface area contributed by atoms with E-state index in [-0.39, 0.29) is 22.5 Å². The van der Waals surface area contributed by atoms with E-state index >= 15 is 0 Å². The van der Waals surface area contributed by atoms with E-state index < -0.39 is 0 Å². The molecule has 2 atom stereocenters. The molecule has 86 valence electrons. The van der Waals surface area contributed by atoms with Crippen LogP contribution in [0.3, 0.4) is 0 Å². The zero-order valence-corrected chi connectivity index (χ0v) is 9.46. The van der Waals surface area contributed by atoms with E-state index in [1.54, 1.807) is 0 Å². The largest absolute Gasteiger partial charge is 0.392 e. The van der Waals surface area contributed by atoms with Crippen molar-refractivity contribution in [2.24, 2.45) is 16.5 Å². The van der Waals surface area contributed by atoms with Gasteiger partial charge in [0.15, 0.2) is 11.1 Å². The Bertz CT molecular complexity index is 252. The van der Waals surface area contributed by atoms with Gasteiger partial charge < -0.3 is 16.6 Å². The van der Waals surface area contributed by atoms with Gasteiger partial charge in [-0.2, -0.15) is 4.99 Å². The van der Waals surface area contributed by atoms with Crippen molar-refractivity contribution in [3.63, 3.8) is 0 Å². The van der Waals surface area contributed by atoms with Gasteiger partial charge in [-0.05, 0) is 12.8 Å². The molecule has 0 heterocycles. The Morgan fingerprint density at radius 2 is 1.93 bits per heavy atom. The van der Waals surface area contributed by atoms with Crippen molar-refractivity contribution in [2.45, 2.75) is 43.5 Å². The number of nitrogens with zero attached hydrogens (tertiary/aromatic N) is 1. The summed E-state index contributed by atoms with van der Waals surface area (Å²) in [4.78, 5) is 3.64. The molecule has 0 saturated heterocycles. The quantitative estimate of drug-likeness (QED) is 0.301. The summed E-state index contributed by atoms with van der Waals surface area (Å²) in [6, 6.07) is 0. The molecule has 0 bridgehead atoms. The first kappa shape index (κ1) is 12.3. The Morgan fingerprint density at radius 3 is 2.60 bits per heavy atom. The molecule has 1 rings (SSSR count). The maximum Gasteiger partial charge on any atom is 0.193 e. The lowest BCUT2D eigenvalue weighted by molar-refractivity contribution is 0.163. The van der Waals surface area contributed by atoms with Crippen LogP contribution in [0.1, 0.15) is 32.1 Å². The molecular formula is C9H18N4OS. The van der Waals surface area contributed by atoms with Gasteiger partial charge in [-0.15, -0.1) is 0 Å². The number of thioether (sulfide) groups is 1. The van der Waals surface area contributed by atoms with Gasteiger partial charge in [0.1, 0.15) is 0 Å². The van der Waals surface area contributed by atoms with E-state index in [1.165, 1.54) is 11.8 Å². The first-order valence-electron chi connectivity index (χ1n) is 5.12. The monoisotopic (exact) mass is 230 g/mol. The van der Waals surface area contributed by atoms with Crippen LogP contribution in [0.15, 0.2) is 4.99 Å². The number of aliphatic hydroxyl groups is 1. The van der Waals surface area contributed by atoms with Crippen LogP contribution in [0.5, 0.6) is 0 Å². The molecule has 6 heteroatoms. The summed E-state index contributed by atoms with van der Waals surface area (Å²) < 4.78 is 0. The average molecular weight is 230 g/mol. The normalized spacial score (nSPS) is 26.7. The lowest BCUT2D eigenvalue weighted by Crippen LogP contribution is -2.26. The highest BCUT2D eigenvalue weighted by Crippen LogP contribution is 2.28. The van der Waals surface area contributed by atoms with Crippen molar-refractivity contribution in [2.75, 3.05) is 0 Å². The smallest absolute Gasteiger partial charge is 0.193 e. The van der Waals surface area contributed by atoms with E-state index in [0.29, 0.717) is 0 Å². The van der Waals surface area contributed by atoms with Crippen LogP contribution < -0.4 is 11.5 Å². The van der Waals surface area contributed by atoms with Crippen molar-refractivity contribution in [3.8, 4) is 0 Å². The lowest BCUT2D eigenvalue weighted by Gasteiger charge is -2.18. The second-order valence-electron chi connectivity index (χ2n) is 3.70. The van der Waals surface area contributed by atoms with Crippen LogP contribution in [0.2, 0.25) is 0 Å². The molecule has 1 saturated carbocycles. The molecular weight excluding hydrogens is 212 g/mol. The molecule has 2 unspecified atom stereocenters. The second kappa shape index (κ2) is 5.97. The standard InChI is InChI=1S/C9H18N4OS/c10-8(11)13-9(12)15-7-5-3-1-2-4-6(7)14/h6-7,14H,1-5H2,(H5,10,11,12,13). The van der Waals surface area contributed by atoms with E-state index in [4.69, 9.17) is 16.9 Å².